The summed E-state index contributed by atoms with van der Waals surface area (Å²) in [4.78, 5) is 13.0. The largest absolute Gasteiger partial charge is 0.465 e. The van der Waals surface area contributed by atoms with Crippen molar-refractivity contribution in [3.05, 3.63) is 0 Å². The Hall–Kier alpha value is -0.593. The Morgan fingerprint density at radius 2 is 2.00 bits per heavy atom. The average Bonchev–Trinajstić information content (AvgIpc) is 2.35. The monoisotopic (exact) mass is 317 g/mol. The van der Waals surface area contributed by atoms with Gasteiger partial charge in [0, 0.05) is 13.2 Å². The first-order chi connectivity index (χ1) is 9.60. The molecule has 21 heavy (non-hydrogen) atoms. The summed E-state index contributed by atoms with van der Waals surface area (Å²) in [6.45, 7) is 11.7. The van der Waals surface area contributed by atoms with E-state index in [0.29, 0.717) is 19.4 Å². The van der Waals surface area contributed by atoms with Crippen molar-refractivity contribution in [3.63, 3.8) is 0 Å². The fourth-order valence-corrected chi connectivity index (χ4v) is 3.98. The number of aliphatic hydroxyl groups is 1. The highest BCUT2D eigenvalue weighted by atomic mass is 28.4. The summed E-state index contributed by atoms with van der Waals surface area (Å²) in [5, 5.41) is 18.6. The highest BCUT2D eigenvalue weighted by Crippen LogP contribution is 2.39. The normalized spacial score (nSPS) is 24.2. The zero-order valence-corrected chi connectivity index (χ0v) is 15.1. The van der Waals surface area contributed by atoms with Crippen LogP contribution in [0.4, 0.5) is 4.79 Å². The van der Waals surface area contributed by atoms with Crippen LogP contribution in [0.2, 0.25) is 18.1 Å². The zero-order chi connectivity index (χ0) is 16.3. The molecule has 124 valence electrons. The lowest BCUT2D eigenvalue weighted by Crippen LogP contribution is -2.55. The number of carbonyl (C=O) groups is 1. The van der Waals surface area contributed by atoms with Gasteiger partial charge in [-0.1, -0.05) is 20.8 Å². The van der Waals surface area contributed by atoms with Crippen LogP contribution in [0.5, 0.6) is 0 Å². The van der Waals surface area contributed by atoms with Gasteiger partial charge in [-0.2, -0.15) is 0 Å². The lowest BCUT2D eigenvalue weighted by Gasteiger charge is -2.46. The number of hydrogen-bond donors (Lipinski definition) is 2. The molecule has 0 bridgehead atoms. The van der Waals surface area contributed by atoms with Crippen molar-refractivity contribution in [3.8, 4) is 0 Å². The van der Waals surface area contributed by atoms with E-state index in [2.05, 4.69) is 33.9 Å². The van der Waals surface area contributed by atoms with Crippen molar-refractivity contribution in [2.75, 3.05) is 13.2 Å². The Labute approximate surface area is 129 Å². The Balaban J connectivity index is 2.88. The van der Waals surface area contributed by atoms with E-state index in [1.165, 1.54) is 4.90 Å². The lowest BCUT2D eigenvalue weighted by molar-refractivity contribution is 0.0168. The molecule has 2 N–H and O–H groups in total. The zero-order valence-electron chi connectivity index (χ0n) is 14.1. The van der Waals surface area contributed by atoms with Gasteiger partial charge in [-0.15, -0.1) is 0 Å². The molecule has 0 saturated carbocycles. The molecule has 0 spiro atoms. The van der Waals surface area contributed by atoms with Gasteiger partial charge in [-0.25, -0.2) is 4.79 Å². The molecule has 0 aromatic carbocycles. The van der Waals surface area contributed by atoms with E-state index in [1.807, 2.05) is 0 Å². The molecule has 6 heteroatoms. The quantitative estimate of drug-likeness (QED) is 0.763. The van der Waals surface area contributed by atoms with Crippen molar-refractivity contribution in [2.24, 2.45) is 0 Å². The maximum atomic E-state index is 11.5. The maximum Gasteiger partial charge on any atom is 0.407 e. The third-order valence-electron chi connectivity index (χ3n) is 4.87. The SMILES string of the molecule is CC(C)(C)[Si](C)(C)O[C@@H]1CCCN(C(=O)O)[C@@H]1CCCO. The number of likely N-dealkylation sites (tertiary alicyclic amines) is 1. The average molecular weight is 318 g/mol. The fraction of sp³-hybridized carbons (Fsp3) is 0.933. The van der Waals surface area contributed by atoms with Crippen LogP contribution in [0.3, 0.4) is 0 Å². The second-order valence-corrected chi connectivity index (χ2v) is 12.2. The number of rotatable bonds is 5. The van der Waals surface area contributed by atoms with Gasteiger partial charge in [0.15, 0.2) is 8.32 Å². The van der Waals surface area contributed by atoms with Gasteiger partial charge in [0.05, 0.1) is 12.1 Å². The van der Waals surface area contributed by atoms with Crippen LogP contribution in [0, 0.1) is 0 Å². The van der Waals surface area contributed by atoms with Crippen LogP contribution in [-0.2, 0) is 4.43 Å². The van der Waals surface area contributed by atoms with Gasteiger partial charge in [0.2, 0.25) is 0 Å². The number of aliphatic hydroxyl groups excluding tert-OH is 1. The first-order valence-corrected chi connectivity index (χ1v) is 10.8. The highest BCUT2D eigenvalue weighted by molar-refractivity contribution is 6.74. The summed E-state index contributed by atoms with van der Waals surface area (Å²) in [6.07, 6.45) is 2.13. The summed E-state index contributed by atoms with van der Waals surface area (Å²) >= 11 is 0. The molecule has 1 rings (SSSR count). The Morgan fingerprint density at radius 1 is 1.38 bits per heavy atom. The molecular formula is C15H31NO4Si. The summed E-state index contributed by atoms with van der Waals surface area (Å²) in [7, 11) is -1.92. The molecule has 1 amide bonds. The molecule has 1 saturated heterocycles. The van der Waals surface area contributed by atoms with Crippen molar-refractivity contribution < 1.29 is 19.4 Å². The molecule has 1 aliphatic heterocycles. The third-order valence-corrected chi connectivity index (χ3v) is 9.38. The number of piperidine rings is 1. The van der Waals surface area contributed by atoms with Crippen molar-refractivity contribution in [1.82, 2.24) is 4.90 Å². The summed E-state index contributed by atoms with van der Waals surface area (Å²) in [5.74, 6) is 0. The minimum atomic E-state index is -1.92. The minimum absolute atomic E-state index is 0.0395. The molecule has 0 radical (unpaired) electrons. The predicted molar refractivity (Wildman–Crippen MR) is 86.1 cm³/mol. The van der Waals surface area contributed by atoms with E-state index in [-0.39, 0.29) is 23.8 Å². The van der Waals surface area contributed by atoms with Crippen LogP contribution in [0.15, 0.2) is 0 Å². The summed E-state index contributed by atoms with van der Waals surface area (Å²) in [6, 6.07) is -0.127. The van der Waals surface area contributed by atoms with Gasteiger partial charge in [0.25, 0.3) is 0 Å². The molecule has 0 aromatic rings. The Bertz CT molecular complexity index is 354. The standard InChI is InChI=1S/C15H31NO4Si/c1-15(2,3)21(4,5)20-13-9-6-10-16(14(18)19)12(13)8-7-11-17/h12-13,17H,6-11H2,1-5H3,(H,18,19)/t12-,13-/m1/s1. The maximum absolute atomic E-state index is 11.5. The van der Waals surface area contributed by atoms with Crippen LogP contribution in [-0.4, -0.2) is 54.8 Å². The Morgan fingerprint density at radius 3 is 2.48 bits per heavy atom. The number of carboxylic acid groups (broad SMARTS) is 1. The molecular weight excluding hydrogens is 286 g/mol. The van der Waals surface area contributed by atoms with Gasteiger partial charge in [-0.05, 0) is 43.8 Å². The van der Waals surface area contributed by atoms with Crippen LogP contribution in [0.25, 0.3) is 0 Å². The second kappa shape index (κ2) is 7.11. The first kappa shape index (κ1) is 18.5. The predicted octanol–water partition coefficient (Wildman–Crippen LogP) is 3.29. The van der Waals surface area contributed by atoms with Crippen LogP contribution < -0.4 is 0 Å². The summed E-state index contributed by atoms with van der Waals surface area (Å²) in [5.41, 5.74) is 0. The number of hydrogen-bond acceptors (Lipinski definition) is 3. The molecule has 0 unspecified atom stereocenters. The minimum Gasteiger partial charge on any atom is -0.465 e. The van der Waals surface area contributed by atoms with E-state index in [1.54, 1.807) is 0 Å². The van der Waals surface area contributed by atoms with Gasteiger partial charge < -0.3 is 19.5 Å². The third kappa shape index (κ3) is 4.69. The fourth-order valence-electron chi connectivity index (χ4n) is 2.59. The second-order valence-electron chi connectivity index (χ2n) is 7.47. The van der Waals surface area contributed by atoms with E-state index in [0.717, 1.165) is 12.8 Å². The van der Waals surface area contributed by atoms with Gasteiger partial charge >= 0.3 is 6.09 Å². The van der Waals surface area contributed by atoms with Crippen molar-refractivity contribution in [1.29, 1.82) is 0 Å². The Kier molecular flexibility index (Phi) is 6.25. The molecule has 5 nitrogen and oxygen atoms in total. The van der Waals surface area contributed by atoms with E-state index >= 15 is 0 Å². The smallest absolute Gasteiger partial charge is 0.407 e. The molecule has 0 aliphatic carbocycles. The molecule has 1 heterocycles. The van der Waals surface area contributed by atoms with Crippen molar-refractivity contribution in [2.45, 2.75) is 76.7 Å². The highest BCUT2D eigenvalue weighted by Gasteiger charge is 2.43. The first-order valence-electron chi connectivity index (χ1n) is 7.88. The number of nitrogens with zero attached hydrogens (tertiary/aromatic N) is 1. The van der Waals surface area contributed by atoms with Crippen molar-refractivity contribution >= 4 is 14.4 Å². The van der Waals surface area contributed by atoms with E-state index in [9.17, 15) is 9.90 Å². The van der Waals surface area contributed by atoms with Gasteiger partial charge in [-0.3, -0.25) is 0 Å². The van der Waals surface area contributed by atoms with E-state index in [4.69, 9.17) is 9.53 Å². The van der Waals surface area contributed by atoms with Crippen LogP contribution in [0.1, 0.15) is 46.5 Å². The van der Waals surface area contributed by atoms with E-state index < -0.39 is 14.4 Å². The lowest BCUT2D eigenvalue weighted by atomic mass is 9.95. The number of amides is 1. The van der Waals surface area contributed by atoms with Gasteiger partial charge in [0.1, 0.15) is 0 Å². The van der Waals surface area contributed by atoms with Crippen LogP contribution >= 0.6 is 0 Å². The summed E-state index contributed by atoms with van der Waals surface area (Å²) < 4.78 is 6.49. The molecule has 1 fully saturated rings. The molecule has 2 atom stereocenters. The topological polar surface area (TPSA) is 70.0 Å². The molecule has 1 aliphatic rings. The molecule has 0 aromatic heterocycles.